The number of hydrogen-bond donors (Lipinski definition) is 2. The Hall–Kier alpha value is -3.52. The minimum atomic E-state index is -0.202. The molecule has 0 atom stereocenters. The van der Waals surface area contributed by atoms with E-state index in [1.54, 1.807) is 6.20 Å². The van der Waals surface area contributed by atoms with Gasteiger partial charge >= 0.3 is 0 Å². The second kappa shape index (κ2) is 9.09. The van der Waals surface area contributed by atoms with Crippen LogP contribution < -0.4 is 5.32 Å². The van der Waals surface area contributed by atoms with E-state index in [1.807, 2.05) is 77.7 Å². The molecule has 1 amide bonds. The molecule has 0 aliphatic heterocycles. The highest BCUT2D eigenvalue weighted by Crippen LogP contribution is 2.23. The molecule has 0 aliphatic rings. The lowest BCUT2D eigenvalue weighted by Gasteiger charge is -2.06. The number of aromatic amines is 1. The number of aromatic nitrogens is 5. The van der Waals surface area contributed by atoms with Gasteiger partial charge in [-0.2, -0.15) is 10.2 Å². The Balaban J connectivity index is 1.63. The molecule has 158 valence electrons. The van der Waals surface area contributed by atoms with Crippen molar-refractivity contribution in [1.82, 2.24) is 29.9 Å². The monoisotopic (exact) mass is 432 g/mol. The van der Waals surface area contributed by atoms with E-state index >= 15 is 0 Å². The van der Waals surface area contributed by atoms with Crippen LogP contribution >= 0.6 is 12.2 Å². The van der Waals surface area contributed by atoms with E-state index < -0.39 is 0 Å². The number of H-pyrrole nitrogens is 1. The highest BCUT2D eigenvalue weighted by atomic mass is 32.1. The van der Waals surface area contributed by atoms with Crippen LogP contribution in [0.4, 0.5) is 0 Å². The summed E-state index contributed by atoms with van der Waals surface area (Å²) < 4.78 is 4.21. The minimum Gasteiger partial charge on any atom is -0.345 e. The van der Waals surface area contributed by atoms with Crippen molar-refractivity contribution in [1.29, 1.82) is 0 Å². The summed E-state index contributed by atoms with van der Waals surface area (Å²) in [6.45, 7) is 5.56. The second-order valence-electron chi connectivity index (χ2n) is 7.31. The fourth-order valence-corrected chi connectivity index (χ4v) is 3.71. The molecule has 31 heavy (non-hydrogen) atoms. The maximum atomic E-state index is 13.1. The molecular formula is C23H24N6OS. The Labute approximate surface area is 185 Å². The van der Waals surface area contributed by atoms with Gasteiger partial charge in [0.1, 0.15) is 5.69 Å². The molecule has 2 aromatic carbocycles. The molecular weight excluding hydrogens is 408 g/mol. The topological polar surface area (TPSA) is 80.5 Å². The minimum absolute atomic E-state index is 0.202. The van der Waals surface area contributed by atoms with Crippen molar-refractivity contribution in [2.75, 3.05) is 0 Å². The third-order valence-electron chi connectivity index (χ3n) is 5.08. The highest BCUT2D eigenvalue weighted by molar-refractivity contribution is 7.71. The lowest BCUT2D eigenvalue weighted by Crippen LogP contribution is -2.25. The molecule has 0 spiro atoms. The quantitative estimate of drug-likeness (QED) is 0.431. The summed E-state index contributed by atoms with van der Waals surface area (Å²) in [5.41, 5.74) is 4.35. The first kappa shape index (κ1) is 20.7. The zero-order valence-corrected chi connectivity index (χ0v) is 18.3. The summed E-state index contributed by atoms with van der Waals surface area (Å²) in [5, 5.41) is 14.7. The first-order valence-corrected chi connectivity index (χ1v) is 10.6. The summed E-state index contributed by atoms with van der Waals surface area (Å²) in [6, 6.07) is 18.1. The summed E-state index contributed by atoms with van der Waals surface area (Å²) in [6.07, 6.45) is 1.80. The zero-order valence-electron chi connectivity index (χ0n) is 17.5. The maximum Gasteiger partial charge on any atom is 0.255 e. The van der Waals surface area contributed by atoms with E-state index in [-0.39, 0.29) is 12.5 Å². The van der Waals surface area contributed by atoms with Crippen LogP contribution in [0.15, 0.2) is 60.8 Å². The number of carbonyl (C=O) groups is 1. The first-order valence-electron chi connectivity index (χ1n) is 10.2. The van der Waals surface area contributed by atoms with Crippen LogP contribution in [0.3, 0.4) is 0 Å². The second-order valence-corrected chi connectivity index (χ2v) is 7.70. The molecule has 4 rings (SSSR count). The third kappa shape index (κ3) is 4.64. The van der Waals surface area contributed by atoms with Gasteiger partial charge in [0, 0.05) is 18.3 Å². The smallest absolute Gasteiger partial charge is 0.255 e. The van der Waals surface area contributed by atoms with Crippen molar-refractivity contribution in [2.45, 2.75) is 33.5 Å². The van der Waals surface area contributed by atoms with Gasteiger partial charge in [0.05, 0.1) is 18.7 Å². The predicted molar refractivity (Wildman–Crippen MR) is 122 cm³/mol. The maximum absolute atomic E-state index is 13.1. The van der Waals surface area contributed by atoms with Gasteiger partial charge < -0.3 is 9.88 Å². The number of nitrogens with one attached hydrogen (secondary N) is 2. The van der Waals surface area contributed by atoms with E-state index in [9.17, 15) is 4.79 Å². The average Bonchev–Trinajstić information content (AvgIpc) is 3.36. The fraction of sp³-hybridized carbons (Fsp3) is 0.217. The number of benzene rings is 2. The first-order chi connectivity index (χ1) is 15.0. The van der Waals surface area contributed by atoms with Crippen LogP contribution in [-0.2, 0) is 19.6 Å². The van der Waals surface area contributed by atoms with Gasteiger partial charge in [0.2, 0.25) is 0 Å². The molecule has 8 heteroatoms. The van der Waals surface area contributed by atoms with Gasteiger partial charge in [-0.3, -0.25) is 14.6 Å². The van der Waals surface area contributed by atoms with Crippen LogP contribution in [-0.4, -0.2) is 30.5 Å². The molecule has 0 unspecified atom stereocenters. The van der Waals surface area contributed by atoms with Gasteiger partial charge in [-0.25, -0.2) is 0 Å². The average molecular weight is 433 g/mol. The summed E-state index contributed by atoms with van der Waals surface area (Å²) in [5.74, 6) is 0.487. The molecule has 7 nitrogen and oxygen atoms in total. The Morgan fingerprint density at radius 3 is 2.58 bits per heavy atom. The third-order valence-corrected chi connectivity index (χ3v) is 5.39. The number of aryl methyl sites for hydroxylation is 1. The number of hydrogen-bond acceptors (Lipinski definition) is 4. The summed E-state index contributed by atoms with van der Waals surface area (Å²) in [4.78, 5) is 13.1. The van der Waals surface area contributed by atoms with E-state index in [4.69, 9.17) is 17.3 Å². The molecule has 0 saturated heterocycles. The molecule has 0 bridgehead atoms. The van der Waals surface area contributed by atoms with E-state index in [0.29, 0.717) is 34.9 Å². The van der Waals surface area contributed by atoms with Crippen molar-refractivity contribution < 1.29 is 4.79 Å². The number of nitrogens with zero attached hydrogens (tertiary/aromatic N) is 4. The van der Waals surface area contributed by atoms with Gasteiger partial charge in [0.25, 0.3) is 5.91 Å². The van der Waals surface area contributed by atoms with Crippen LogP contribution in [0, 0.1) is 11.7 Å². The zero-order chi connectivity index (χ0) is 21.8. The van der Waals surface area contributed by atoms with E-state index in [0.717, 1.165) is 16.7 Å². The van der Waals surface area contributed by atoms with E-state index in [1.165, 1.54) is 0 Å². The van der Waals surface area contributed by atoms with Crippen LogP contribution in [0.2, 0.25) is 0 Å². The number of amides is 1. The van der Waals surface area contributed by atoms with Crippen molar-refractivity contribution in [3.63, 3.8) is 0 Å². The van der Waals surface area contributed by atoms with Crippen molar-refractivity contribution in [3.8, 4) is 11.3 Å². The molecule has 4 aromatic rings. The Bertz CT molecular complexity index is 1240. The Kier molecular flexibility index (Phi) is 6.08. The standard InChI is InChI=1S/C23H24N6OS/c1-3-29-20(25-26-23(29)31)13-24-22(30)19-15-28(14-17-7-5-4-6-8-17)27-21(19)18-11-9-16(2)10-12-18/h4-12,15H,3,13-14H2,1-2H3,(H,24,30)(H,26,31). The van der Waals surface area contributed by atoms with Crippen molar-refractivity contribution in [3.05, 3.63) is 88.1 Å². The van der Waals surface area contributed by atoms with Gasteiger partial charge in [-0.05, 0) is 31.6 Å². The van der Waals surface area contributed by atoms with Gasteiger partial charge in [-0.1, -0.05) is 60.2 Å². The molecule has 2 N–H and O–H groups in total. The highest BCUT2D eigenvalue weighted by Gasteiger charge is 2.19. The van der Waals surface area contributed by atoms with Gasteiger partial charge in [-0.15, -0.1) is 0 Å². The fourth-order valence-electron chi connectivity index (χ4n) is 3.43. The molecule has 2 aromatic heterocycles. The molecule has 0 fully saturated rings. The van der Waals surface area contributed by atoms with Crippen LogP contribution in [0.25, 0.3) is 11.3 Å². The molecule has 0 radical (unpaired) electrons. The van der Waals surface area contributed by atoms with E-state index in [2.05, 4.69) is 15.5 Å². The van der Waals surface area contributed by atoms with Crippen molar-refractivity contribution in [2.24, 2.45) is 0 Å². The lowest BCUT2D eigenvalue weighted by molar-refractivity contribution is 0.0950. The summed E-state index contributed by atoms with van der Waals surface area (Å²) >= 11 is 5.22. The van der Waals surface area contributed by atoms with Gasteiger partial charge in [0.15, 0.2) is 10.6 Å². The molecule has 0 saturated carbocycles. The molecule has 0 aliphatic carbocycles. The normalized spacial score (nSPS) is 10.9. The number of carbonyl (C=O) groups excluding carboxylic acids is 1. The largest absolute Gasteiger partial charge is 0.345 e. The SMILES string of the molecule is CCn1c(CNC(=O)c2cn(Cc3ccccc3)nc2-c2ccc(C)cc2)n[nH]c1=S. The number of rotatable bonds is 7. The van der Waals surface area contributed by atoms with Crippen molar-refractivity contribution >= 4 is 18.1 Å². The van der Waals surface area contributed by atoms with Crippen LogP contribution in [0.1, 0.15) is 34.2 Å². The molecule has 2 heterocycles. The lowest BCUT2D eigenvalue weighted by atomic mass is 10.1. The Morgan fingerprint density at radius 1 is 1.13 bits per heavy atom. The Morgan fingerprint density at radius 2 is 1.87 bits per heavy atom. The summed E-state index contributed by atoms with van der Waals surface area (Å²) in [7, 11) is 0. The predicted octanol–water partition coefficient (Wildman–Crippen LogP) is 4.11. The van der Waals surface area contributed by atoms with Crippen LogP contribution in [0.5, 0.6) is 0 Å².